The molecule has 0 spiro atoms. The summed E-state index contributed by atoms with van der Waals surface area (Å²) in [6.07, 6.45) is -3.92. The van der Waals surface area contributed by atoms with Gasteiger partial charge in [0.15, 0.2) is 0 Å². The second-order valence-electron chi connectivity index (χ2n) is 0.548. The van der Waals surface area contributed by atoms with Crippen LogP contribution in [0.4, 0.5) is 9.59 Å². The molecule has 0 bridgehead atoms. The molecule has 0 atom stereocenters. The molecule has 7 nitrogen and oxygen atoms in total. The predicted octanol–water partition coefficient (Wildman–Crippen LogP) is -7.06. The SMILES string of the molecule is O=C(O)O.O=C([O-])O.[K+].[Na+].[OH-]. The second-order valence-corrected chi connectivity index (χ2v) is 0.548. The van der Waals surface area contributed by atoms with E-state index in [0.717, 1.165) is 0 Å². The van der Waals surface area contributed by atoms with E-state index in [1.54, 1.807) is 0 Å². The Morgan fingerprint density at radius 2 is 1.09 bits per heavy atom. The molecule has 0 aromatic carbocycles. The Kier molecular flexibility index (Phi) is 60.4. The minimum atomic E-state index is -2.08. The van der Waals surface area contributed by atoms with Crippen LogP contribution in [-0.4, -0.2) is 33.1 Å². The number of hydrogen-bond donors (Lipinski definition) is 3. The molecule has 0 unspecified atom stereocenters. The molecule has 0 radical (unpaired) electrons. The van der Waals surface area contributed by atoms with Gasteiger partial charge in [0.1, 0.15) is 0 Å². The van der Waals surface area contributed by atoms with Gasteiger partial charge in [-0.25, -0.2) is 4.79 Å². The second kappa shape index (κ2) is 22.5. The van der Waals surface area contributed by atoms with E-state index in [-0.39, 0.29) is 86.4 Å². The minimum absolute atomic E-state index is 0. The molecule has 11 heavy (non-hydrogen) atoms. The Hall–Kier alpha value is 1.14. The number of hydrogen-bond acceptors (Lipinski definition) is 4. The third-order valence-electron chi connectivity index (χ3n) is 0. The Morgan fingerprint density at radius 3 is 1.09 bits per heavy atom. The maximum Gasteiger partial charge on any atom is 1.00 e. The summed E-state index contributed by atoms with van der Waals surface area (Å²) < 4.78 is 0. The van der Waals surface area contributed by atoms with Crippen molar-refractivity contribution in [3.63, 3.8) is 0 Å². The third-order valence-corrected chi connectivity index (χ3v) is 0. The molecule has 4 N–H and O–H groups in total. The molecule has 0 fully saturated rings. The Morgan fingerprint density at radius 1 is 1.09 bits per heavy atom. The Balaban J connectivity index is -0.0000000171. The van der Waals surface area contributed by atoms with Crippen LogP contribution in [0.1, 0.15) is 0 Å². The quantitative estimate of drug-likeness (QED) is 0.330. The molecule has 0 aliphatic carbocycles. The Bertz CT molecular complexity index is 74.4. The molecule has 0 amide bonds. The summed E-state index contributed by atoms with van der Waals surface area (Å²) in [4.78, 5) is 17.0. The smallest absolute Gasteiger partial charge is 0.870 e. The number of carboxylic acid groups (broad SMARTS) is 4. The van der Waals surface area contributed by atoms with Crippen LogP contribution >= 0.6 is 0 Å². The van der Waals surface area contributed by atoms with Gasteiger partial charge in [-0.15, -0.1) is 0 Å². The summed E-state index contributed by atoms with van der Waals surface area (Å²) in [6, 6.07) is 0. The zero-order chi connectivity index (χ0) is 7.15. The third kappa shape index (κ3) is 720. The minimum Gasteiger partial charge on any atom is -0.870 e. The molecule has 0 aliphatic heterocycles. The maximum atomic E-state index is 8.56. The molecule has 0 aliphatic rings. The number of rotatable bonds is 0. The van der Waals surface area contributed by atoms with Crippen LogP contribution in [0.2, 0.25) is 0 Å². The van der Waals surface area contributed by atoms with Gasteiger partial charge in [-0.05, 0) is 0 Å². The predicted molar refractivity (Wildman–Crippen MR) is 20.6 cm³/mol. The standard InChI is InChI=1S/2CH2O3.K.Na.H2O/c2*2-1(3)4;;;/h2*(H2,2,3,4);;;1H2/q;;2*+1;/p-2. The summed E-state index contributed by atoms with van der Waals surface area (Å²) in [5.41, 5.74) is 0. The maximum absolute atomic E-state index is 8.56. The van der Waals surface area contributed by atoms with Crippen LogP contribution in [-0.2, 0) is 0 Å². The van der Waals surface area contributed by atoms with Gasteiger partial charge < -0.3 is 30.7 Å². The molecule has 0 heterocycles. The van der Waals surface area contributed by atoms with Crippen LogP contribution in [0.25, 0.3) is 0 Å². The van der Waals surface area contributed by atoms with Crippen molar-refractivity contribution in [2.75, 3.05) is 0 Å². The summed E-state index contributed by atoms with van der Waals surface area (Å²) >= 11 is 0. The molecular formula is C2H4KNaO7. The van der Waals surface area contributed by atoms with E-state index in [0.29, 0.717) is 0 Å². The summed E-state index contributed by atoms with van der Waals surface area (Å²) in [5.74, 6) is 0. The first kappa shape index (κ1) is 29.6. The van der Waals surface area contributed by atoms with Gasteiger partial charge in [0, 0.05) is 0 Å². The fraction of sp³-hybridized carbons (Fsp3) is 0. The van der Waals surface area contributed by atoms with E-state index in [1.165, 1.54) is 0 Å². The first-order chi connectivity index (χ1) is 3.46. The van der Waals surface area contributed by atoms with Crippen LogP contribution in [0, 0.1) is 0 Å². The van der Waals surface area contributed by atoms with E-state index < -0.39 is 12.3 Å². The normalized spacial score (nSPS) is 4.36. The largest absolute Gasteiger partial charge is 1.00 e. The van der Waals surface area contributed by atoms with Crippen molar-refractivity contribution in [3.8, 4) is 0 Å². The topological polar surface area (TPSA) is 148 Å². The van der Waals surface area contributed by atoms with Gasteiger partial charge in [-0.1, -0.05) is 0 Å². The van der Waals surface area contributed by atoms with Gasteiger partial charge in [-0.2, -0.15) is 0 Å². The Labute approximate surface area is 126 Å². The van der Waals surface area contributed by atoms with E-state index in [1.807, 2.05) is 0 Å². The van der Waals surface area contributed by atoms with Crippen molar-refractivity contribution in [2.24, 2.45) is 0 Å². The van der Waals surface area contributed by atoms with Crippen molar-refractivity contribution < 1.29 is 116 Å². The van der Waals surface area contributed by atoms with Crippen molar-refractivity contribution >= 4 is 12.3 Å². The molecule has 0 rings (SSSR count). The fourth-order valence-electron chi connectivity index (χ4n) is 0. The number of carbonyl (C=O) groups is 2. The molecular weight excluding hydrogens is 198 g/mol. The van der Waals surface area contributed by atoms with Crippen LogP contribution < -0.4 is 86.0 Å². The van der Waals surface area contributed by atoms with Gasteiger partial charge in [-0.3, -0.25) is 0 Å². The van der Waals surface area contributed by atoms with E-state index in [4.69, 9.17) is 30.0 Å². The molecule has 56 valence electrons. The average molecular weight is 202 g/mol. The van der Waals surface area contributed by atoms with Gasteiger partial charge in [0.25, 0.3) is 0 Å². The van der Waals surface area contributed by atoms with Crippen LogP contribution in [0.3, 0.4) is 0 Å². The molecule has 0 aromatic rings. The first-order valence-corrected chi connectivity index (χ1v) is 1.28. The van der Waals surface area contributed by atoms with Crippen LogP contribution in [0.15, 0.2) is 0 Å². The molecule has 0 saturated heterocycles. The van der Waals surface area contributed by atoms with Gasteiger partial charge >= 0.3 is 87.1 Å². The van der Waals surface area contributed by atoms with E-state index >= 15 is 0 Å². The van der Waals surface area contributed by atoms with E-state index in [2.05, 4.69) is 0 Å². The van der Waals surface area contributed by atoms with Crippen molar-refractivity contribution in [1.29, 1.82) is 0 Å². The first-order valence-electron chi connectivity index (χ1n) is 1.28. The summed E-state index contributed by atoms with van der Waals surface area (Å²) in [6.45, 7) is 0. The van der Waals surface area contributed by atoms with Crippen molar-refractivity contribution in [2.45, 2.75) is 0 Å². The fourth-order valence-corrected chi connectivity index (χ4v) is 0. The monoisotopic (exact) mass is 202 g/mol. The van der Waals surface area contributed by atoms with Crippen molar-refractivity contribution in [1.82, 2.24) is 0 Å². The van der Waals surface area contributed by atoms with E-state index in [9.17, 15) is 0 Å². The molecule has 0 saturated carbocycles. The molecule has 9 heteroatoms. The zero-order valence-electron chi connectivity index (χ0n) is 6.01. The average Bonchev–Trinajstić information content (AvgIpc) is 1.25. The zero-order valence-corrected chi connectivity index (χ0v) is 11.1. The summed E-state index contributed by atoms with van der Waals surface area (Å²) in [7, 11) is 0. The van der Waals surface area contributed by atoms with Crippen LogP contribution in [0.5, 0.6) is 0 Å². The van der Waals surface area contributed by atoms with Crippen molar-refractivity contribution in [3.05, 3.63) is 0 Å². The molecule has 0 aromatic heterocycles. The van der Waals surface area contributed by atoms with Gasteiger partial charge in [0.05, 0.1) is 0 Å². The van der Waals surface area contributed by atoms with Gasteiger partial charge in [0.2, 0.25) is 6.16 Å². The summed E-state index contributed by atoms with van der Waals surface area (Å²) in [5, 5.41) is 29.2.